The predicted molar refractivity (Wildman–Crippen MR) is 103 cm³/mol. The summed E-state index contributed by atoms with van der Waals surface area (Å²) < 4.78 is 18.8. The van der Waals surface area contributed by atoms with Crippen LogP contribution in [0.5, 0.6) is 5.75 Å². The Kier molecular flexibility index (Phi) is 6.23. The molecule has 0 aromatic heterocycles. The first kappa shape index (κ1) is 20.2. The van der Waals surface area contributed by atoms with Gasteiger partial charge in [-0.2, -0.15) is 0 Å². The van der Waals surface area contributed by atoms with E-state index in [2.05, 4.69) is 6.92 Å². The van der Waals surface area contributed by atoms with Crippen molar-refractivity contribution in [1.29, 1.82) is 0 Å². The van der Waals surface area contributed by atoms with E-state index in [-0.39, 0.29) is 17.0 Å². The van der Waals surface area contributed by atoms with Gasteiger partial charge in [-0.1, -0.05) is 19.4 Å². The minimum Gasteiger partial charge on any atom is -0.494 e. The van der Waals surface area contributed by atoms with E-state index in [1.165, 1.54) is 16.7 Å². The van der Waals surface area contributed by atoms with Crippen molar-refractivity contribution in [2.24, 2.45) is 0 Å². The number of fused-ring (bicyclic) bond motifs is 1. The summed E-state index contributed by atoms with van der Waals surface area (Å²) >= 11 is 1.25. The van der Waals surface area contributed by atoms with Crippen LogP contribution in [-0.4, -0.2) is 58.7 Å². The number of β-lactam (4-membered cyclic amide) rings is 1. The number of thioether (sulfide) groups is 1. The molecule has 28 heavy (non-hydrogen) atoms. The maximum absolute atomic E-state index is 13.1. The van der Waals surface area contributed by atoms with Crippen LogP contribution in [0.4, 0.5) is 10.1 Å². The highest BCUT2D eigenvalue weighted by atomic mass is 32.2. The Morgan fingerprint density at radius 1 is 1.50 bits per heavy atom. The van der Waals surface area contributed by atoms with E-state index in [9.17, 15) is 23.9 Å². The summed E-state index contributed by atoms with van der Waals surface area (Å²) in [4.78, 5) is 38.4. The normalized spacial score (nSPS) is 21.1. The molecule has 1 unspecified atom stereocenters. The Hall–Kier alpha value is -2.55. The number of carboxylic acid groups (broad SMARTS) is 1. The van der Waals surface area contributed by atoms with E-state index in [1.54, 1.807) is 24.3 Å². The van der Waals surface area contributed by atoms with Crippen molar-refractivity contribution in [3.63, 3.8) is 0 Å². The third-order valence-electron chi connectivity index (χ3n) is 4.68. The van der Waals surface area contributed by atoms with E-state index in [0.29, 0.717) is 24.5 Å². The molecule has 2 amide bonds. The lowest BCUT2D eigenvalue weighted by Gasteiger charge is -2.51. The highest BCUT2D eigenvalue weighted by Gasteiger charge is 2.56. The lowest BCUT2D eigenvalue weighted by Crippen LogP contribution is -2.70. The van der Waals surface area contributed by atoms with Crippen molar-refractivity contribution >= 4 is 35.7 Å². The van der Waals surface area contributed by atoms with Gasteiger partial charge in [-0.3, -0.25) is 19.4 Å². The van der Waals surface area contributed by atoms with Crippen LogP contribution in [0.15, 0.2) is 35.5 Å². The Balaban J connectivity index is 1.83. The third kappa shape index (κ3) is 3.58. The number of carbonyl (C=O) groups excluding carboxylic acids is 2. The first-order valence-electron chi connectivity index (χ1n) is 8.96. The fourth-order valence-corrected chi connectivity index (χ4v) is 4.62. The van der Waals surface area contributed by atoms with Crippen molar-refractivity contribution in [3.05, 3.63) is 35.5 Å². The van der Waals surface area contributed by atoms with E-state index in [4.69, 9.17) is 4.74 Å². The number of benzene rings is 1. The fraction of sp³-hybridized carbons (Fsp3) is 0.421. The molecule has 7 nitrogen and oxygen atoms in total. The molecule has 0 spiro atoms. The van der Waals surface area contributed by atoms with Gasteiger partial charge in [0.2, 0.25) is 6.41 Å². The number of ether oxygens (including phenoxy) is 1. The molecule has 2 aliphatic heterocycles. The summed E-state index contributed by atoms with van der Waals surface area (Å²) in [6.45, 7) is 1.68. The number of carboxylic acids is 1. The molecule has 1 N–H and O–H groups in total. The van der Waals surface area contributed by atoms with Crippen LogP contribution < -0.4 is 9.64 Å². The topological polar surface area (TPSA) is 87.2 Å². The number of hydrogen-bond donors (Lipinski definition) is 1. The van der Waals surface area contributed by atoms with Gasteiger partial charge in [0.25, 0.3) is 5.91 Å². The highest BCUT2D eigenvalue weighted by molar-refractivity contribution is 8.00. The zero-order valence-electron chi connectivity index (χ0n) is 15.3. The van der Waals surface area contributed by atoms with Gasteiger partial charge in [0, 0.05) is 23.1 Å². The molecule has 1 aromatic carbocycles. The van der Waals surface area contributed by atoms with Crippen LogP contribution >= 0.6 is 11.8 Å². The standard InChI is InChI=1S/C19H21FN2O5S/c1-2-3-7-27-14-6-4-5-13(8-14)21(11-23)16-17(24)22-15(19(25)26)12(9-20)10-28-18(16)22/h4-6,8,11,16,18H,2-3,7,9-10H2,1H3,(H,25,26)/t16?,18-/m1/s1. The lowest BCUT2D eigenvalue weighted by molar-refractivity contribution is -0.148. The molecule has 150 valence electrons. The third-order valence-corrected chi connectivity index (χ3v) is 6.00. The Morgan fingerprint density at radius 3 is 2.93 bits per heavy atom. The second kappa shape index (κ2) is 8.64. The van der Waals surface area contributed by atoms with Gasteiger partial charge in [0.15, 0.2) is 0 Å². The molecule has 0 saturated carbocycles. The van der Waals surface area contributed by atoms with Crippen LogP contribution in [0.1, 0.15) is 19.8 Å². The molecule has 1 fully saturated rings. The lowest BCUT2D eigenvalue weighted by atomic mass is 10.0. The molecule has 1 aromatic rings. The Morgan fingerprint density at radius 2 is 2.29 bits per heavy atom. The molecule has 1 saturated heterocycles. The maximum atomic E-state index is 13.1. The monoisotopic (exact) mass is 408 g/mol. The fourth-order valence-electron chi connectivity index (χ4n) is 3.24. The number of halogens is 1. The molecule has 9 heteroatoms. The van der Waals surface area contributed by atoms with E-state index >= 15 is 0 Å². The van der Waals surface area contributed by atoms with E-state index < -0.39 is 30.0 Å². The maximum Gasteiger partial charge on any atom is 0.352 e. The molecule has 3 rings (SSSR count). The van der Waals surface area contributed by atoms with Crippen molar-refractivity contribution in [2.45, 2.75) is 31.2 Å². The highest BCUT2D eigenvalue weighted by Crippen LogP contribution is 2.43. The minimum absolute atomic E-state index is 0.0736. The molecule has 0 radical (unpaired) electrons. The first-order chi connectivity index (χ1) is 13.5. The largest absolute Gasteiger partial charge is 0.494 e. The Labute approximate surface area is 166 Å². The van der Waals surface area contributed by atoms with Gasteiger partial charge < -0.3 is 9.84 Å². The number of aliphatic carboxylic acids is 1. The van der Waals surface area contributed by atoms with Gasteiger partial charge in [0.1, 0.15) is 29.5 Å². The number of hydrogen-bond acceptors (Lipinski definition) is 5. The van der Waals surface area contributed by atoms with E-state index in [1.807, 2.05) is 0 Å². The molecule has 2 heterocycles. The summed E-state index contributed by atoms with van der Waals surface area (Å²) in [5.41, 5.74) is 0.249. The second-order valence-corrected chi connectivity index (χ2v) is 7.56. The average Bonchev–Trinajstić information content (AvgIpc) is 2.70. The number of rotatable bonds is 9. The zero-order chi connectivity index (χ0) is 20.3. The molecular formula is C19H21FN2O5S. The molecule has 2 atom stereocenters. The minimum atomic E-state index is -1.34. The van der Waals surface area contributed by atoms with Crippen molar-refractivity contribution in [1.82, 2.24) is 4.90 Å². The van der Waals surface area contributed by atoms with Crippen molar-refractivity contribution in [3.8, 4) is 5.75 Å². The number of anilines is 1. The van der Waals surface area contributed by atoms with Gasteiger partial charge in [0.05, 0.1) is 6.61 Å². The van der Waals surface area contributed by atoms with Crippen LogP contribution in [0, 0.1) is 0 Å². The van der Waals surface area contributed by atoms with Gasteiger partial charge in [-0.25, -0.2) is 9.18 Å². The Bertz CT molecular complexity index is 815. The summed E-state index contributed by atoms with van der Waals surface area (Å²) in [5, 5.41) is 8.82. The number of carbonyl (C=O) groups is 3. The molecule has 0 aliphatic carbocycles. The van der Waals surface area contributed by atoms with Crippen molar-refractivity contribution in [2.75, 3.05) is 23.9 Å². The quantitative estimate of drug-likeness (QED) is 0.384. The second-order valence-electron chi connectivity index (χ2n) is 6.46. The summed E-state index contributed by atoms with van der Waals surface area (Å²) in [6, 6.07) is 6.01. The van der Waals surface area contributed by atoms with Crippen LogP contribution in [0.25, 0.3) is 0 Å². The summed E-state index contributed by atoms with van der Waals surface area (Å²) in [6.07, 6.45) is 2.45. The van der Waals surface area contributed by atoms with Crippen LogP contribution in [0.3, 0.4) is 0 Å². The smallest absolute Gasteiger partial charge is 0.352 e. The predicted octanol–water partition coefficient (Wildman–Crippen LogP) is 2.42. The van der Waals surface area contributed by atoms with Crippen LogP contribution in [-0.2, 0) is 14.4 Å². The number of unbranched alkanes of at least 4 members (excludes halogenated alkanes) is 1. The average molecular weight is 408 g/mol. The first-order valence-corrected chi connectivity index (χ1v) is 10.0. The SMILES string of the molecule is CCCCOc1cccc(N(C=O)C2C(=O)N3C(C(=O)O)=C(CF)CS[C@H]23)c1. The van der Waals surface area contributed by atoms with Gasteiger partial charge >= 0.3 is 5.97 Å². The van der Waals surface area contributed by atoms with Gasteiger partial charge in [-0.05, 0) is 18.6 Å². The number of alkyl halides is 1. The molecule has 2 aliphatic rings. The molecular weight excluding hydrogens is 387 g/mol. The molecule has 0 bridgehead atoms. The van der Waals surface area contributed by atoms with Gasteiger partial charge in [-0.15, -0.1) is 11.8 Å². The van der Waals surface area contributed by atoms with Crippen molar-refractivity contribution < 1.29 is 28.6 Å². The summed E-state index contributed by atoms with van der Waals surface area (Å²) in [7, 11) is 0. The van der Waals surface area contributed by atoms with Crippen LogP contribution in [0.2, 0.25) is 0 Å². The number of nitrogens with zero attached hydrogens (tertiary/aromatic N) is 2. The zero-order valence-corrected chi connectivity index (χ0v) is 16.2. The van der Waals surface area contributed by atoms with E-state index in [0.717, 1.165) is 17.7 Å². The number of amides is 2. The summed E-state index contributed by atoms with van der Waals surface area (Å²) in [5.74, 6) is -1.13.